The molecule has 2 aromatic rings. The van der Waals surface area contributed by atoms with Crippen LogP contribution < -0.4 is 15.4 Å². The van der Waals surface area contributed by atoms with Gasteiger partial charge in [-0.15, -0.1) is 0 Å². The van der Waals surface area contributed by atoms with Crippen molar-refractivity contribution in [1.82, 2.24) is 10.3 Å². The van der Waals surface area contributed by atoms with E-state index in [-0.39, 0.29) is 5.91 Å². The number of methoxy groups -OCH3 is 1. The lowest BCUT2D eigenvalue weighted by Crippen LogP contribution is -2.23. The number of aromatic nitrogens is 1. The number of nitrogens with one attached hydrogen (secondary N) is 2. The van der Waals surface area contributed by atoms with E-state index >= 15 is 0 Å². The average Bonchev–Trinajstić information content (AvgIpc) is 2.60. The number of rotatable bonds is 8. The lowest BCUT2D eigenvalue weighted by atomic mass is 10.2. The molecule has 0 bridgehead atoms. The van der Waals surface area contributed by atoms with Crippen molar-refractivity contribution in [3.63, 3.8) is 0 Å². The highest BCUT2D eigenvalue weighted by Crippen LogP contribution is 2.12. The molecule has 2 N–H and O–H groups in total. The number of anilines is 1. The fraction of sp³-hybridized carbons (Fsp3) is 0.333. The van der Waals surface area contributed by atoms with Gasteiger partial charge in [0, 0.05) is 25.5 Å². The third kappa shape index (κ3) is 5.29. The van der Waals surface area contributed by atoms with E-state index in [2.05, 4.69) is 22.5 Å². The Morgan fingerprint density at radius 1 is 1.22 bits per heavy atom. The lowest BCUT2D eigenvalue weighted by Gasteiger charge is -2.08. The van der Waals surface area contributed by atoms with Crippen LogP contribution in [-0.4, -0.2) is 24.5 Å². The van der Waals surface area contributed by atoms with Gasteiger partial charge in [-0.05, 0) is 30.2 Å². The van der Waals surface area contributed by atoms with Gasteiger partial charge in [0.25, 0.3) is 5.91 Å². The number of carbonyl (C=O) groups excluding carboxylic acids is 1. The summed E-state index contributed by atoms with van der Waals surface area (Å²) in [4.78, 5) is 16.3. The normalized spacial score (nSPS) is 10.2. The second-order valence-electron chi connectivity index (χ2n) is 5.27. The van der Waals surface area contributed by atoms with Crippen LogP contribution in [0.3, 0.4) is 0 Å². The topological polar surface area (TPSA) is 63.2 Å². The summed E-state index contributed by atoms with van der Waals surface area (Å²) < 4.78 is 5.11. The van der Waals surface area contributed by atoms with Crippen LogP contribution in [-0.2, 0) is 6.54 Å². The Morgan fingerprint density at radius 3 is 2.70 bits per heavy atom. The molecule has 122 valence electrons. The zero-order valence-electron chi connectivity index (χ0n) is 13.6. The fourth-order valence-corrected chi connectivity index (χ4v) is 2.10. The maximum Gasteiger partial charge on any atom is 0.253 e. The Labute approximate surface area is 137 Å². The van der Waals surface area contributed by atoms with Crippen molar-refractivity contribution in [3.05, 3.63) is 53.9 Å². The SMILES string of the molecule is CCCCNc1cncc(C(=O)NCc2ccc(OC)cc2)c1. The van der Waals surface area contributed by atoms with Gasteiger partial charge in [0.15, 0.2) is 0 Å². The van der Waals surface area contributed by atoms with Crippen LogP contribution in [0.1, 0.15) is 35.7 Å². The number of ether oxygens (including phenoxy) is 1. The summed E-state index contributed by atoms with van der Waals surface area (Å²) in [5, 5.41) is 6.17. The first kappa shape index (κ1) is 16.8. The van der Waals surface area contributed by atoms with Crippen LogP contribution in [0.2, 0.25) is 0 Å². The highest BCUT2D eigenvalue weighted by atomic mass is 16.5. The van der Waals surface area contributed by atoms with Gasteiger partial charge in [0.2, 0.25) is 0 Å². The van der Waals surface area contributed by atoms with Crippen LogP contribution >= 0.6 is 0 Å². The van der Waals surface area contributed by atoms with E-state index in [9.17, 15) is 4.79 Å². The number of unbranched alkanes of at least 4 members (excludes halogenated alkanes) is 1. The fourth-order valence-electron chi connectivity index (χ4n) is 2.10. The largest absolute Gasteiger partial charge is 0.497 e. The standard InChI is InChI=1S/C18H23N3O2/c1-3-4-9-20-16-10-15(12-19-13-16)18(22)21-11-14-5-7-17(23-2)8-6-14/h5-8,10,12-13,20H,3-4,9,11H2,1-2H3,(H,21,22). The van der Waals surface area contributed by atoms with Gasteiger partial charge in [-0.2, -0.15) is 0 Å². The quantitative estimate of drug-likeness (QED) is 0.734. The molecule has 5 nitrogen and oxygen atoms in total. The molecule has 0 saturated heterocycles. The van der Waals surface area contributed by atoms with Gasteiger partial charge < -0.3 is 15.4 Å². The number of hydrogen-bond donors (Lipinski definition) is 2. The van der Waals surface area contributed by atoms with E-state index in [1.165, 1.54) is 0 Å². The summed E-state index contributed by atoms with van der Waals surface area (Å²) in [5.41, 5.74) is 2.44. The average molecular weight is 313 g/mol. The minimum atomic E-state index is -0.132. The van der Waals surface area contributed by atoms with Gasteiger partial charge >= 0.3 is 0 Å². The molecule has 0 fully saturated rings. The molecule has 1 aromatic carbocycles. The first-order chi connectivity index (χ1) is 11.2. The maximum absolute atomic E-state index is 12.2. The monoisotopic (exact) mass is 313 g/mol. The highest BCUT2D eigenvalue weighted by Gasteiger charge is 2.07. The Morgan fingerprint density at radius 2 is 2.00 bits per heavy atom. The molecule has 1 aromatic heterocycles. The van der Waals surface area contributed by atoms with Crippen molar-refractivity contribution in [1.29, 1.82) is 0 Å². The van der Waals surface area contributed by atoms with E-state index in [0.717, 1.165) is 36.4 Å². The molecule has 0 saturated carbocycles. The molecular weight excluding hydrogens is 290 g/mol. The van der Waals surface area contributed by atoms with Crippen molar-refractivity contribution >= 4 is 11.6 Å². The van der Waals surface area contributed by atoms with Crippen LogP contribution in [0.15, 0.2) is 42.7 Å². The van der Waals surface area contributed by atoms with Crippen molar-refractivity contribution in [2.24, 2.45) is 0 Å². The Hall–Kier alpha value is -2.56. The first-order valence-electron chi connectivity index (χ1n) is 7.83. The minimum Gasteiger partial charge on any atom is -0.497 e. The van der Waals surface area contributed by atoms with Gasteiger partial charge in [-0.25, -0.2) is 0 Å². The highest BCUT2D eigenvalue weighted by molar-refractivity contribution is 5.94. The predicted molar refractivity (Wildman–Crippen MR) is 91.8 cm³/mol. The van der Waals surface area contributed by atoms with E-state index < -0.39 is 0 Å². The Bertz CT molecular complexity index is 626. The number of carbonyl (C=O) groups is 1. The number of nitrogens with zero attached hydrogens (tertiary/aromatic N) is 1. The second-order valence-corrected chi connectivity index (χ2v) is 5.27. The smallest absolute Gasteiger partial charge is 0.253 e. The van der Waals surface area contributed by atoms with Crippen molar-refractivity contribution < 1.29 is 9.53 Å². The minimum absolute atomic E-state index is 0.132. The third-order valence-corrected chi connectivity index (χ3v) is 3.47. The van der Waals surface area contributed by atoms with Gasteiger partial charge in [-0.1, -0.05) is 25.5 Å². The van der Waals surface area contributed by atoms with Crippen LogP contribution in [0, 0.1) is 0 Å². The molecule has 5 heteroatoms. The van der Waals surface area contributed by atoms with Crippen molar-refractivity contribution in [2.75, 3.05) is 19.0 Å². The summed E-state index contributed by atoms with van der Waals surface area (Å²) in [6.45, 7) is 3.49. The second kappa shape index (κ2) is 8.78. The molecular formula is C18H23N3O2. The zero-order valence-corrected chi connectivity index (χ0v) is 13.6. The summed E-state index contributed by atoms with van der Waals surface area (Å²) in [5.74, 6) is 0.669. The molecule has 23 heavy (non-hydrogen) atoms. The van der Waals surface area contributed by atoms with E-state index in [1.807, 2.05) is 30.3 Å². The number of amides is 1. The van der Waals surface area contributed by atoms with E-state index in [4.69, 9.17) is 4.74 Å². The third-order valence-electron chi connectivity index (χ3n) is 3.47. The molecule has 0 unspecified atom stereocenters. The molecule has 0 aliphatic rings. The molecule has 0 aliphatic carbocycles. The molecule has 2 rings (SSSR count). The molecule has 1 amide bonds. The van der Waals surface area contributed by atoms with Crippen LogP contribution in [0.25, 0.3) is 0 Å². The van der Waals surface area contributed by atoms with Crippen LogP contribution in [0.4, 0.5) is 5.69 Å². The van der Waals surface area contributed by atoms with Crippen LogP contribution in [0.5, 0.6) is 5.75 Å². The number of pyridine rings is 1. The van der Waals surface area contributed by atoms with E-state index in [0.29, 0.717) is 12.1 Å². The lowest BCUT2D eigenvalue weighted by molar-refractivity contribution is 0.0950. The van der Waals surface area contributed by atoms with Gasteiger partial charge in [0.1, 0.15) is 5.75 Å². The Balaban J connectivity index is 1.90. The summed E-state index contributed by atoms with van der Waals surface area (Å²) in [6.07, 6.45) is 5.53. The van der Waals surface area contributed by atoms with Gasteiger partial charge in [0.05, 0.1) is 18.4 Å². The summed E-state index contributed by atoms with van der Waals surface area (Å²) in [6, 6.07) is 9.44. The number of benzene rings is 1. The van der Waals surface area contributed by atoms with Crippen molar-refractivity contribution in [3.8, 4) is 5.75 Å². The summed E-state index contributed by atoms with van der Waals surface area (Å²) >= 11 is 0. The first-order valence-corrected chi connectivity index (χ1v) is 7.83. The number of hydrogen-bond acceptors (Lipinski definition) is 4. The molecule has 0 radical (unpaired) electrons. The Kier molecular flexibility index (Phi) is 6.41. The van der Waals surface area contributed by atoms with Gasteiger partial charge in [-0.3, -0.25) is 9.78 Å². The predicted octanol–water partition coefficient (Wildman–Crippen LogP) is 3.23. The molecule has 1 heterocycles. The molecule has 0 aliphatic heterocycles. The summed E-state index contributed by atoms with van der Waals surface area (Å²) in [7, 11) is 1.63. The maximum atomic E-state index is 12.2. The van der Waals surface area contributed by atoms with Crippen molar-refractivity contribution in [2.45, 2.75) is 26.3 Å². The zero-order chi connectivity index (χ0) is 16.5. The molecule has 0 atom stereocenters. The van der Waals surface area contributed by atoms with E-state index in [1.54, 1.807) is 19.5 Å². The molecule has 0 spiro atoms.